The number of rotatable bonds is 5. The van der Waals surface area contributed by atoms with E-state index in [1.807, 2.05) is 31.3 Å². The molecule has 0 aliphatic rings. The van der Waals surface area contributed by atoms with Crippen molar-refractivity contribution in [2.45, 2.75) is 13.2 Å². The highest BCUT2D eigenvalue weighted by Gasteiger charge is 2.09. The topological polar surface area (TPSA) is 49.4 Å². The van der Waals surface area contributed by atoms with E-state index in [2.05, 4.69) is 28.8 Å². The van der Waals surface area contributed by atoms with Crippen LogP contribution in [0.25, 0.3) is 10.9 Å². The van der Waals surface area contributed by atoms with E-state index in [1.54, 1.807) is 7.11 Å². The third-order valence-corrected chi connectivity index (χ3v) is 3.89. The van der Waals surface area contributed by atoms with Crippen LogP contribution in [0.4, 0.5) is 0 Å². The molecule has 0 fully saturated rings. The van der Waals surface area contributed by atoms with Gasteiger partial charge in [0, 0.05) is 24.5 Å². The van der Waals surface area contributed by atoms with Gasteiger partial charge in [0.2, 0.25) is 0 Å². The first kappa shape index (κ1) is 14.5. The molecule has 0 saturated carbocycles. The minimum Gasteiger partial charge on any atom is -0.493 e. The zero-order valence-electron chi connectivity index (χ0n) is 12.9. The van der Waals surface area contributed by atoms with Crippen molar-refractivity contribution in [3.05, 3.63) is 59.8 Å². The fourth-order valence-electron chi connectivity index (χ4n) is 2.61. The summed E-state index contributed by atoms with van der Waals surface area (Å²) in [5.41, 5.74) is 9.12. The maximum absolute atomic E-state index is 5.91. The van der Waals surface area contributed by atoms with Gasteiger partial charge in [-0.05, 0) is 35.9 Å². The molecule has 1 aromatic heterocycles. The summed E-state index contributed by atoms with van der Waals surface area (Å²) in [6.45, 7) is 1.04. The lowest BCUT2D eigenvalue weighted by atomic mass is 10.1. The van der Waals surface area contributed by atoms with Crippen LogP contribution in [-0.2, 0) is 20.2 Å². The number of nitrogens with zero attached hydrogens (tertiary/aromatic N) is 1. The predicted octanol–water partition coefficient (Wildman–Crippen LogP) is 3.22. The number of aryl methyl sites for hydroxylation is 1. The van der Waals surface area contributed by atoms with Gasteiger partial charge in [0.1, 0.15) is 6.61 Å². The minimum absolute atomic E-state index is 0.490. The van der Waals surface area contributed by atoms with Crippen molar-refractivity contribution in [3.8, 4) is 11.5 Å². The Morgan fingerprint density at radius 1 is 1.05 bits per heavy atom. The molecule has 114 valence electrons. The van der Waals surface area contributed by atoms with E-state index in [1.165, 1.54) is 10.9 Å². The van der Waals surface area contributed by atoms with Crippen molar-refractivity contribution >= 4 is 10.9 Å². The maximum Gasteiger partial charge on any atom is 0.161 e. The minimum atomic E-state index is 0.490. The first-order valence-electron chi connectivity index (χ1n) is 7.26. The second kappa shape index (κ2) is 6.12. The second-order valence-corrected chi connectivity index (χ2v) is 5.23. The lowest BCUT2D eigenvalue weighted by Gasteiger charge is -2.10. The van der Waals surface area contributed by atoms with Gasteiger partial charge in [-0.15, -0.1) is 0 Å². The molecule has 0 unspecified atom stereocenters. The Morgan fingerprint density at radius 2 is 1.82 bits per heavy atom. The molecule has 0 saturated heterocycles. The van der Waals surface area contributed by atoms with Crippen molar-refractivity contribution in [1.29, 1.82) is 0 Å². The molecule has 4 heteroatoms. The highest BCUT2D eigenvalue weighted by atomic mass is 16.5. The Morgan fingerprint density at radius 3 is 2.55 bits per heavy atom. The summed E-state index contributed by atoms with van der Waals surface area (Å²) in [4.78, 5) is 0. The van der Waals surface area contributed by atoms with Gasteiger partial charge in [0.25, 0.3) is 0 Å². The van der Waals surface area contributed by atoms with Crippen molar-refractivity contribution in [2.24, 2.45) is 12.8 Å². The molecule has 4 nitrogen and oxygen atoms in total. The third kappa shape index (κ3) is 2.65. The largest absolute Gasteiger partial charge is 0.493 e. The van der Waals surface area contributed by atoms with Gasteiger partial charge in [-0.3, -0.25) is 0 Å². The van der Waals surface area contributed by atoms with Gasteiger partial charge in [0.05, 0.1) is 12.8 Å². The van der Waals surface area contributed by atoms with Crippen LogP contribution >= 0.6 is 0 Å². The summed E-state index contributed by atoms with van der Waals surface area (Å²) < 4.78 is 13.4. The van der Waals surface area contributed by atoms with E-state index in [-0.39, 0.29) is 0 Å². The first-order chi connectivity index (χ1) is 10.7. The number of hydrogen-bond acceptors (Lipinski definition) is 3. The fourth-order valence-corrected chi connectivity index (χ4v) is 2.61. The summed E-state index contributed by atoms with van der Waals surface area (Å²) in [7, 11) is 3.69. The van der Waals surface area contributed by atoms with Gasteiger partial charge >= 0.3 is 0 Å². The molecule has 0 atom stereocenters. The SMILES string of the molecule is COc1ccccc1OCc1cc2cc(CN)ccc2n1C. The highest BCUT2D eigenvalue weighted by Crippen LogP contribution is 2.27. The molecule has 0 aliphatic heterocycles. The van der Waals surface area contributed by atoms with Gasteiger partial charge in [-0.25, -0.2) is 0 Å². The monoisotopic (exact) mass is 296 g/mol. The number of ether oxygens (including phenoxy) is 2. The van der Waals surface area contributed by atoms with Crippen LogP contribution in [0.3, 0.4) is 0 Å². The van der Waals surface area contributed by atoms with E-state index >= 15 is 0 Å². The van der Waals surface area contributed by atoms with Gasteiger partial charge in [0.15, 0.2) is 11.5 Å². The van der Waals surface area contributed by atoms with E-state index < -0.39 is 0 Å². The molecule has 22 heavy (non-hydrogen) atoms. The number of methoxy groups -OCH3 is 1. The van der Waals surface area contributed by atoms with Crippen LogP contribution in [0, 0.1) is 0 Å². The van der Waals surface area contributed by atoms with Crippen LogP contribution in [0.2, 0.25) is 0 Å². The number of hydrogen-bond donors (Lipinski definition) is 1. The van der Waals surface area contributed by atoms with Crippen LogP contribution in [0.15, 0.2) is 48.5 Å². The van der Waals surface area contributed by atoms with Crippen molar-refractivity contribution in [2.75, 3.05) is 7.11 Å². The molecule has 0 amide bonds. The molecule has 2 aromatic carbocycles. The number of benzene rings is 2. The zero-order valence-corrected chi connectivity index (χ0v) is 12.9. The molecule has 3 aromatic rings. The number of fused-ring (bicyclic) bond motifs is 1. The van der Waals surface area contributed by atoms with Crippen LogP contribution in [0.1, 0.15) is 11.3 Å². The second-order valence-electron chi connectivity index (χ2n) is 5.23. The molecule has 0 aliphatic carbocycles. The van der Waals surface area contributed by atoms with E-state index in [4.69, 9.17) is 15.2 Å². The van der Waals surface area contributed by atoms with Crippen molar-refractivity contribution in [3.63, 3.8) is 0 Å². The summed E-state index contributed by atoms with van der Waals surface area (Å²) in [6, 6.07) is 16.1. The summed E-state index contributed by atoms with van der Waals surface area (Å²) in [5, 5.41) is 1.18. The van der Waals surface area contributed by atoms with Gasteiger partial charge in [-0.1, -0.05) is 18.2 Å². The number of para-hydroxylation sites is 2. The lowest BCUT2D eigenvalue weighted by Crippen LogP contribution is -2.02. The zero-order chi connectivity index (χ0) is 15.5. The molecule has 2 N–H and O–H groups in total. The van der Waals surface area contributed by atoms with Crippen molar-refractivity contribution < 1.29 is 9.47 Å². The van der Waals surface area contributed by atoms with Crippen LogP contribution in [-0.4, -0.2) is 11.7 Å². The normalized spacial score (nSPS) is 10.9. The summed E-state index contributed by atoms with van der Waals surface area (Å²) >= 11 is 0. The van der Waals surface area contributed by atoms with E-state index in [0.29, 0.717) is 13.2 Å². The van der Waals surface area contributed by atoms with E-state index in [9.17, 15) is 0 Å². The molecule has 0 spiro atoms. The Hall–Kier alpha value is -2.46. The molecule has 0 bridgehead atoms. The fraction of sp³-hybridized carbons (Fsp3) is 0.222. The quantitative estimate of drug-likeness (QED) is 0.786. The average molecular weight is 296 g/mol. The Balaban J connectivity index is 1.86. The van der Waals surface area contributed by atoms with E-state index in [0.717, 1.165) is 22.8 Å². The summed E-state index contributed by atoms with van der Waals surface area (Å²) in [6.07, 6.45) is 0. The smallest absolute Gasteiger partial charge is 0.161 e. The van der Waals surface area contributed by atoms with Crippen LogP contribution < -0.4 is 15.2 Å². The Kier molecular flexibility index (Phi) is 4.02. The Bertz CT molecular complexity index is 793. The molecule has 3 rings (SSSR count). The standard InChI is InChI=1S/C18H20N2O2/c1-20-15(10-14-9-13(11-19)7-8-16(14)20)12-22-18-6-4-3-5-17(18)21-2/h3-10H,11-12,19H2,1-2H3. The highest BCUT2D eigenvalue weighted by molar-refractivity contribution is 5.82. The number of nitrogens with two attached hydrogens (primary N) is 1. The number of aromatic nitrogens is 1. The lowest BCUT2D eigenvalue weighted by molar-refractivity contribution is 0.278. The first-order valence-corrected chi connectivity index (χ1v) is 7.26. The summed E-state index contributed by atoms with van der Waals surface area (Å²) in [5.74, 6) is 1.49. The maximum atomic E-state index is 5.91. The molecule has 1 heterocycles. The molecular weight excluding hydrogens is 276 g/mol. The van der Waals surface area contributed by atoms with Gasteiger partial charge < -0.3 is 19.8 Å². The Labute approximate surface area is 130 Å². The van der Waals surface area contributed by atoms with Gasteiger partial charge in [-0.2, -0.15) is 0 Å². The van der Waals surface area contributed by atoms with Crippen molar-refractivity contribution in [1.82, 2.24) is 4.57 Å². The molecular formula is C18H20N2O2. The predicted molar refractivity (Wildman–Crippen MR) is 88.1 cm³/mol. The van der Waals surface area contributed by atoms with Crippen LogP contribution in [0.5, 0.6) is 11.5 Å². The average Bonchev–Trinajstić information content (AvgIpc) is 2.88. The molecule has 0 radical (unpaired) electrons. The third-order valence-electron chi connectivity index (χ3n) is 3.89.